The summed E-state index contributed by atoms with van der Waals surface area (Å²) in [5, 5.41) is 0. The maximum Gasteiger partial charge on any atom is 0.231 e. The molecule has 2 aromatic rings. The molecular formula is C23H26ClNO4. The van der Waals surface area contributed by atoms with Crippen LogP contribution in [0.25, 0.3) is 6.08 Å². The Morgan fingerprint density at radius 1 is 1.03 bits per heavy atom. The molecule has 2 aliphatic rings. The molecule has 6 heteroatoms. The van der Waals surface area contributed by atoms with E-state index < -0.39 is 0 Å². The first kappa shape index (κ1) is 21.1. The quantitative estimate of drug-likeness (QED) is 0.646. The molecule has 0 spiro atoms. The van der Waals surface area contributed by atoms with E-state index in [1.807, 2.05) is 18.2 Å². The summed E-state index contributed by atoms with van der Waals surface area (Å²) >= 11 is 0. The third-order valence-electron chi connectivity index (χ3n) is 5.22. The molecule has 0 saturated carbocycles. The highest BCUT2D eigenvalue weighted by molar-refractivity contribution is 6.12. The van der Waals surface area contributed by atoms with E-state index in [2.05, 4.69) is 31.2 Å². The highest BCUT2D eigenvalue weighted by Crippen LogP contribution is 2.40. The van der Waals surface area contributed by atoms with Gasteiger partial charge in [-0.05, 0) is 47.9 Å². The molecule has 1 unspecified atom stereocenters. The molecule has 2 aliphatic heterocycles. The molecule has 4 rings (SSSR count). The van der Waals surface area contributed by atoms with Gasteiger partial charge in [0, 0.05) is 18.0 Å². The van der Waals surface area contributed by atoms with Crippen molar-refractivity contribution in [2.75, 3.05) is 27.6 Å². The largest absolute Gasteiger partial charge is 0.493 e. The number of hydrogen-bond donors (Lipinski definition) is 0. The van der Waals surface area contributed by atoms with Crippen LogP contribution in [0.2, 0.25) is 0 Å². The van der Waals surface area contributed by atoms with Crippen LogP contribution < -0.4 is 18.9 Å². The van der Waals surface area contributed by atoms with Crippen LogP contribution in [0, 0.1) is 0 Å². The van der Waals surface area contributed by atoms with Crippen molar-refractivity contribution in [1.29, 1.82) is 0 Å². The number of allylic oxidation sites excluding steroid dienone is 1. The Morgan fingerprint density at radius 2 is 1.79 bits per heavy atom. The van der Waals surface area contributed by atoms with Crippen LogP contribution in [0.1, 0.15) is 42.4 Å². The van der Waals surface area contributed by atoms with E-state index in [4.69, 9.17) is 23.9 Å². The smallest absolute Gasteiger partial charge is 0.231 e. The van der Waals surface area contributed by atoms with Gasteiger partial charge in [0.1, 0.15) is 0 Å². The summed E-state index contributed by atoms with van der Waals surface area (Å²) in [5.41, 5.74) is 4.42. The van der Waals surface area contributed by atoms with Gasteiger partial charge in [-0.3, -0.25) is 4.99 Å². The fraction of sp³-hybridized carbons (Fsp3) is 0.348. The Morgan fingerprint density at radius 3 is 2.52 bits per heavy atom. The summed E-state index contributed by atoms with van der Waals surface area (Å²) in [7, 11) is 3.28. The number of hydrogen-bond acceptors (Lipinski definition) is 5. The first-order chi connectivity index (χ1) is 13.7. The van der Waals surface area contributed by atoms with E-state index >= 15 is 0 Å². The lowest BCUT2D eigenvalue weighted by Crippen LogP contribution is -2.16. The molecule has 0 amide bonds. The zero-order valence-electron chi connectivity index (χ0n) is 16.9. The number of rotatable bonds is 6. The van der Waals surface area contributed by atoms with Crippen LogP contribution in [0.4, 0.5) is 0 Å². The summed E-state index contributed by atoms with van der Waals surface area (Å²) in [4.78, 5) is 4.87. The van der Waals surface area contributed by atoms with Gasteiger partial charge in [0.2, 0.25) is 6.79 Å². The first-order valence-corrected chi connectivity index (χ1v) is 9.62. The zero-order chi connectivity index (χ0) is 19.5. The van der Waals surface area contributed by atoms with Crippen molar-refractivity contribution in [3.05, 3.63) is 53.1 Å². The molecule has 0 fully saturated rings. The highest BCUT2D eigenvalue weighted by atomic mass is 35.5. The van der Waals surface area contributed by atoms with Crippen LogP contribution >= 0.6 is 12.4 Å². The van der Waals surface area contributed by atoms with Crippen LogP contribution in [0.3, 0.4) is 0 Å². The molecule has 2 aromatic carbocycles. The van der Waals surface area contributed by atoms with Gasteiger partial charge >= 0.3 is 0 Å². The van der Waals surface area contributed by atoms with E-state index in [0.29, 0.717) is 11.7 Å². The van der Waals surface area contributed by atoms with Crippen molar-refractivity contribution in [2.24, 2.45) is 4.99 Å². The number of aliphatic imine (C=N–C) groups is 1. The van der Waals surface area contributed by atoms with Gasteiger partial charge in [-0.15, -0.1) is 12.4 Å². The average molecular weight is 416 g/mol. The van der Waals surface area contributed by atoms with Crippen molar-refractivity contribution in [3.8, 4) is 23.0 Å². The Bertz CT molecular complexity index is 939. The minimum atomic E-state index is 0. The summed E-state index contributed by atoms with van der Waals surface area (Å²) in [6.07, 6.45) is 6.35. The molecule has 154 valence electrons. The second-order valence-electron chi connectivity index (χ2n) is 6.95. The SMILES string of the molecule is CCCC1CN=C(C=Cc2ccc(OC)c(OC)c2)c2cc3c(cc21)OCO3.Cl. The second kappa shape index (κ2) is 9.23. The molecule has 0 N–H and O–H groups in total. The van der Waals surface area contributed by atoms with Crippen molar-refractivity contribution < 1.29 is 18.9 Å². The van der Waals surface area contributed by atoms with Crippen LogP contribution in [0.15, 0.2) is 41.4 Å². The summed E-state index contributed by atoms with van der Waals surface area (Å²) < 4.78 is 21.9. The summed E-state index contributed by atoms with van der Waals surface area (Å²) in [6.45, 7) is 3.29. The van der Waals surface area contributed by atoms with Crippen molar-refractivity contribution in [3.63, 3.8) is 0 Å². The Balaban J connectivity index is 0.00000240. The predicted octanol–water partition coefficient (Wildman–Crippen LogP) is 5.25. The topological polar surface area (TPSA) is 49.3 Å². The monoisotopic (exact) mass is 415 g/mol. The Kier molecular flexibility index (Phi) is 6.70. The summed E-state index contributed by atoms with van der Waals surface area (Å²) in [5.74, 6) is 3.48. The van der Waals surface area contributed by atoms with Crippen molar-refractivity contribution in [2.45, 2.75) is 25.7 Å². The van der Waals surface area contributed by atoms with E-state index in [1.54, 1.807) is 14.2 Å². The number of methoxy groups -OCH3 is 2. The van der Waals surface area contributed by atoms with Gasteiger partial charge in [0.25, 0.3) is 0 Å². The molecule has 2 heterocycles. The lowest BCUT2D eigenvalue weighted by atomic mass is 9.86. The normalized spacial score (nSPS) is 16.8. The molecule has 0 bridgehead atoms. The minimum Gasteiger partial charge on any atom is -0.493 e. The molecule has 5 nitrogen and oxygen atoms in total. The van der Waals surface area contributed by atoms with Crippen molar-refractivity contribution in [1.82, 2.24) is 0 Å². The standard InChI is InChI=1S/C23H25NO4.ClH/c1-4-5-16-13-24-19(18-12-23-22(11-17(16)18)27-14-28-23)8-6-15-7-9-20(25-2)21(10-15)26-3;/h6-12,16H,4-5,13-14H2,1-3H3;1H. The van der Waals surface area contributed by atoms with E-state index in [-0.39, 0.29) is 19.2 Å². The molecule has 29 heavy (non-hydrogen) atoms. The van der Waals surface area contributed by atoms with E-state index in [0.717, 1.165) is 53.5 Å². The van der Waals surface area contributed by atoms with Gasteiger partial charge in [0.05, 0.1) is 19.9 Å². The maximum absolute atomic E-state index is 5.60. The molecular weight excluding hydrogens is 390 g/mol. The maximum atomic E-state index is 5.60. The molecule has 1 atom stereocenters. The lowest BCUT2D eigenvalue weighted by Gasteiger charge is -2.24. The number of halogens is 1. The molecule has 0 aliphatic carbocycles. The average Bonchev–Trinajstić information content (AvgIpc) is 3.19. The third-order valence-corrected chi connectivity index (χ3v) is 5.22. The lowest BCUT2D eigenvalue weighted by molar-refractivity contribution is 0.174. The van der Waals surface area contributed by atoms with Crippen LogP contribution in [0.5, 0.6) is 23.0 Å². The first-order valence-electron chi connectivity index (χ1n) is 9.62. The fourth-order valence-corrected chi connectivity index (χ4v) is 3.78. The Labute approximate surface area is 177 Å². The second-order valence-corrected chi connectivity index (χ2v) is 6.95. The fourth-order valence-electron chi connectivity index (χ4n) is 3.78. The minimum absolute atomic E-state index is 0. The number of nitrogens with zero attached hydrogens (tertiary/aromatic N) is 1. The zero-order valence-corrected chi connectivity index (χ0v) is 17.8. The van der Waals surface area contributed by atoms with Gasteiger partial charge in [-0.25, -0.2) is 0 Å². The number of benzene rings is 2. The molecule has 0 radical (unpaired) electrons. The van der Waals surface area contributed by atoms with Crippen LogP contribution in [-0.4, -0.2) is 33.3 Å². The highest BCUT2D eigenvalue weighted by Gasteiger charge is 2.26. The number of ether oxygens (including phenoxy) is 4. The van der Waals surface area contributed by atoms with Crippen LogP contribution in [-0.2, 0) is 0 Å². The number of fused-ring (bicyclic) bond motifs is 2. The predicted molar refractivity (Wildman–Crippen MR) is 117 cm³/mol. The molecule has 0 aromatic heterocycles. The Hall–Kier alpha value is -2.66. The molecule has 0 saturated heterocycles. The van der Waals surface area contributed by atoms with Crippen molar-refractivity contribution >= 4 is 24.2 Å². The third kappa shape index (κ3) is 4.20. The van der Waals surface area contributed by atoms with E-state index in [9.17, 15) is 0 Å². The van der Waals surface area contributed by atoms with Gasteiger partial charge in [0.15, 0.2) is 23.0 Å². The van der Waals surface area contributed by atoms with Gasteiger partial charge < -0.3 is 18.9 Å². The summed E-state index contributed by atoms with van der Waals surface area (Å²) in [6, 6.07) is 10.1. The van der Waals surface area contributed by atoms with Gasteiger partial charge in [-0.2, -0.15) is 0 Å². The van der Waals surface area contributed by atoms with Gasteiger partial charge in [-0.1, -0.05) is 25.5 Å². The van der Waals surface area contributed by atoms with E-state index in [1.165, 1.54) is 5.56 Å².